The number of carbonyl (C=O) groups is 1. The van der Waals surface area contributed by atoms with Gasteiger partial charge < -0.3 is 9.30 Å². The van der Waals surface area contributed by atoms with Gasteiger partial charge >= 0.3 is 5.97 Å². The molecule has 30 heavy (non-hydrogen) atoms. The zero-order valence-electron chi connectivity index (χ0n) is 15.9. The van der Waals surface area contributed by atoms with Gasteiger partial charge in [0.25, 0.3) is 0 Å². The van der Waals surface area contributed by atoms with E-state index in [1.807, 2.05) is 4.57 Å². The maximum absolute atomic E-state index is 12.6. The largest absolute Gasteiger partial charge is 0.453 e. The molecule has 2 N–H and O–H groups in total. The summed E-state index contributed by atoms with van der Waals surface area (Å²) in [6.45, 7) is 2.61. The van der Waals surface area contributed by atoms with Crippen LogP contribution in [0, 0.1) is 0 Å². The highest BCUT2D eigenvalue weighted by Crippen LogP contribution is 2.24. The van der Waals surface area contributed by atoms with E-state index in [4.69, 9.17) is 21.5 Å². The minimum atomic E-state index is -3.85. The molecule has 0 saturated carbocycles. The number of carbonyl (C=O) groups excluding carboxylic acids is 1. The zero-order chi connectivity index (χ0) is 21.5. The number of hydrogen-bond donors (Lipinski definition) is 1. The number of unbranched alkanes of at least 4 members (excludes halogenated alkanes) is 1. The molecule has 0 saturated heterocycles. The van der Waals surface area contributed by atoms with Crippen LogP contribution in [0.2, 0.25) is 5.15 Å². The van der Waals surface area contributed by atoms with Crippen LogP contribution in [0.1, 0.15) is 36.1 Å². The van der Waals surface area contributed by atoms with Crippen molar-refractivity contribution in [2.24, 2.45) is 5.14 Å². The summed E-state index contributed by atoms with van der Waals surface area (Å²) in [7, 11) is -3.85. The van der Waals surface area contributed by atoms with Crippen LogP contribution >= 0.6 is 22.9 Å². The minimum Gasteiger partial charge on any atom is -0.453 e. The number of aryl methyl sites for hydroxylation is 1. The van der Waals surface area contributed by atoms with Crippen molar-refractivity contribution < 1.29 is 17.9 Å². The van der Waals surface area contributed by atoms with Gasteiger partial charge in [-0.1, -0.05) is 24.9 Å². The number of ether oxygens (including phenoxy) is 1. The SMILES string of the molecule is CCCCn1c(COC(=O)c2c(Cl)nc3sccn23)nc2cc(S(N)(=O)=O)ccc21. The number of benzene rings is 1. The summed E-state index contributed by atoms with van der Waals surface area (Å²) in [6.07, 6.45) is 3.53. The maximum atomic E-state index is 12.6. The van der Waals surface area contributed by atoms with Crippen molar-refractivity contribution in [2.45, 2.75) is 37.8 Å². The van der Waals surface area contributed by atoms with E-state index in [0.717, 1.165) is 18.4 Å². The topological polar surface area (TPSA) is 122 Å². The smallest absolute Gasteiger partial charge is 0.359 e. The summed E-state index contributed by atoms with van der Waals surface area (Å²) >= 11 is 7.45. The highest BCUT2D eigenvalue weighted by Gasteiger charge is 2.22. The normalized spacial score (nSPS) is 12.1. The summed E-state index contributed by atoms with van der Waals surface area (Å²) in [6, 6.07) is 4.52. The third kappa shape index (κ3) is 3.81. The first kappa shape index (κ1) is 20.8. The Hall–Kier alpha value is -2.47. The Morgan fingerprint density at radius 3 is 2.87 bits per heavy atom. The molecule has 0 atom stereocenters. The lowest BCUT2D eigenvalue weighted by atomic mass is 10.3. The number of hydrogen-bond acceptors (Lipinski definition) is 7. The molecule has 0 aliphatic carbocycles. The van der Waals surface area contributed by atoms with Crippen molar-refractivity contribution >= 4 is 54.9 Å². The number of esters is 1. The molecule has 9 nitrogen and oxygen atoms in total. The first-order chi connectivity index (χ1) is 14.3. The highest BCUT2D eigenvalue weighted by atomic mass is 35.5. The van der Waals surface area contributed by atoms with Gasteiger partial charge in [-0.3, -0.25) is 4.40 Å². The predicted molar refractivity (Wildman–Crippen MR) is 113 cm³/mol. The lowest BCUT2D eigenvalue weighted by Crippen LogP contribution is -2.12. The second kappa shape index (κ2) is 7.99. The lowest BCUT2D eigenvalue weighted by molar-refractivity contribution is 0.0450. The molecule has 0 radical (unpaired) electrons. The molecule has 3 heterocycles. The number of nitrogens with zero attached hydrogens (tertiary/aromatic N) is 4. The third-order valence-electron chi connectivity index (χ3n) is 4.61. The van der Waals surface area contributed by atoms with E-state index < -0.39 is 16.0 Å². The number of thiazole rings is 1. The van der Waals surface area contributed by atoms with E-state index >= 15 is 0 Å². The Morgan fingerprint density at radius 1 is 1.33 bits per heavy atom. The van der Waals surface area contributed by atoms with Gasteiger partial charge in [0, 0.05) is 18.1 Å². The number of rotatable bonds is 7. The number of halogens is 1. The van der Waals surface area contributed by atoms with Gasteiger partial charge in [0.1, 0.15) is 12.4 Å². The van der Waals surface area contributed by atoms with Crippen LogP contribution in [0.5, 0.6) is 0 Å². The molecule has 12 heteroatoms. The van der Waals surface area contributed by atoms with E-state index in [1.54, 1.807) is 22.0 Å². The first-order valence-electron chi connectivity index (χ1n) is 9.09. The van der Waals surface area contributed by atoms with Crippen molar-refractivity contribution in [2.75, 3.05) is 0 Å². The molecule has 0 unspecified atom stereocenters. The molecule has 0 aliphatic rings. The highest BCUT2D eigenvalue weighted by molar-refractivity contribution is 7.89. The van der Waals surface area contributed by atoms with Crippen molar-refractivity contribution in [3.8, 4) is 0 Å². The summed E-state index contributed by atoms with van der Waals surface area (Å²) < 4.78 is 32.3. The Kier molecular flexibility index (Phi) is 5.53. The van der Waals surface area contributed by atoms with Gasteiger partial charge in [-0.25, -0.2) is 28.3 Å². The Labute approximate surface area is 181 Å². The molecule has 0 bridgehead atoms. The molecule has 0 spiro atoms. The van der Waals surface area contributed by atoms with Crippen LogP contribution in [-0.2, 0) is 27.9 Å². The number of aromatic nitrogens is 4. The average Bonchev–Trinajstić information content (AvgIpc) is 3.35. The fourth-order valence-corrected chi connectivity index (χ4v) is 4.70. The summed E-state index contributed by atoms with van der Waals surface area (Å²) in [5.41, 5.74) is 1.36. The quantitative estimate of drug-likeness (QED) is 0.416. The van der Waals surface area contributed by atoms with Crippen molar-refractivity contribution in [1.82, 2.24) is 18.9 Å². The van der Waals surface area contributed by atoms with Crippen LogP contribution in [0.25, 0.3) is 16.0 Å². The number of sulfonamides is 1. The summed E-state index contributed by atoms with van der Waals surface area (Å²) in [5.74, 6) is -0.120. The molecule has 0 fully saturated rings. The molecule has 3 aromatic heterocycles. The van der Waals surface area contributed by atoms with Gasteiger partial charge in [0.15, 0.2) is 15.8 Å². The van der Waals surface area contributed by atoms with Crippen LogP contribution < -0.4 is 5.14 Å². The zero-order valence-corrected chi connectivity index (χ0v) is 18.3. The Morgan fingerprint density at radius 2 is 2.13 bits per heavy atom. The molecule has 0 amide bonds. The fraction of sp³-hybridized carbons (Fsp3) is 0.278. The van der Waals surface area contributed by atoms with E-state index in [1.165, 1.54) is 23.5 Å². The number of nitrogens with two attached hydrogens (primary N) is 1. The van der Waals surface area contributed by atoms with Gasteiger partial charge in [-0.2, -0.15) is 0 Å². The van der Waals surface area contributed by atoms with E-state index in [2.05, 4.69) is 16.9 Å². The van der Waals surface area contributed by atoms with Crippen LogP contribution in [0.4, 0.5) is 0 Å². The lowest BCUT2D eigenvalue weighted by Gasteiger charge is -2.09. The first-order valence-corrected chi connectivity index (χ1v) is 11.9. The summed E-state index contributed by atoms with van der Waals surface area (Å²) in [5, 5.41) is 7.09. The molecule has 4 rings (SSSR count). The van der Waals surface area contributed by atoms with Gasteiger partial charge in [-0.05, 0) is 24.6 Å². The molecule has 1 aromatic carbocycles. The van der Waals surface area contributed by atoms with Crippen LogP contribution in [0.3, 0.4) is 0 Å². The molecule has 4 aromatic rings. The van der Waals surface area contributed by atoms with E-state index in [-0.39, 0.29) is 22.3 Å². The maximum Gasteiger partial charge on any atom is 0.359 e. The van der Waals surface area contributed by atoms with Gasteiger partial charge in [-0.15, -0.1) is 11.3 Å². The Bertz CT molecular complexity index is 1360. The van der Waals surface area contributed by atoms with Crippen LogP contribution in [0.15, 0.2) is 34.7 Å². The monoisotopic (exact) mass is 467 g/mol. The van der Waals surface area contributed by atoms with Gasteiger partial charge in [0.2, 0.25) is 10.0 Å². The van der Waals surface area contributed by atoms with E-state index in [0.29, 0.717) is 22.8 Å². The summed E-state index contributed by atoms with van der Waals surface area (Å²) in [4.78, 5) is 21.8. The fourth-order valence-electron chi connectivity index (χ4n) is 3.15. The second-order valence-electron chi connectivity index (χ2n) is 6.61. The molecular weight excluding hydrogens is 450 g/mol. The second-order valence-corrected chi connectivity index (χ2v) is 9.40. The van der Waals surface area contributed by atoms with Crippen molar-refractivity contribution in [3.05, 3.63) is 46.4 Å². The number of primary sulfonamides is 1. The Balaban J connectivity index is 1.66. The molecule has 0 aliphatic heterocycles. The predicted octanol–water partition coefficient (Wildman–Crippen LogP) is 3.20. The van der Waals surface area contributed by atoms with Crippen molar-refractivity contribution in [3.63, 3.8) is 0 Å². The minimum absolute atomic E-state index is 0.0235. The number of imidazole rings is 2. The average molecular weight is 468 g/mol. The third-order valence-corrected chi connectivity index (χ3v) is 6.54. The molecule has 158 valence electrons. The van der Waals surface area contributed by atoms with E-state index in [9.17, 15) is 13.2 Å². The van der Waals surface area contributed by atoms with Gasteiger partial charge in [0.05, 0.1) is 15.9 Å². The number of fused-ring (bicyclic) bond motifs is 2. The standard InChI is InChI=1S/C18H18ClN5O4S2/c1-2-3-6-23-13-5-4-11(30(20,26)27)9-12(13)21-14(23)10-28-17(25)15-16(19)22-18-24(15)7-8-29-18/h4-5,7-9H,2-3,6,10H2,1H3,(H2,20,26,27). The van der Waals surface area contributed by atoms with Crippen molar-refractivity contribution in [1.29, 1.82) is 0 Å². The molecular formula is C18H18ClN5O4S2. The van der Waals surface area contributed by atoms with Crippen LogP contribution in [-0.4, -0.2) is 33.3 Å².